The van der Waals surface area contributed by atoms with Crippen molar-refractivity contribution in [3.8, 4) is 0 Å². The van der Waals surface area contributed by atoms with Gasteiger partial charge in [-0.25, -0.2) is 0 Å². The molecule has 3 rings (SSSR count). The van der Waals surface area contributed by atoms with E-state index in [2.05, 4.69) is 12.1 Å². The van der Waals surface area contributed by atoms with E-state index in [0.717, 1.165) is 24.0 Å². The molecule has 1 aliphatic heterocycles. The van der Waals surface area contributed by atoms with Crippen LogP contribution in [0.5, 0.6) is 0 Å². The Kier molecular flexibility index (Phi) is 4.54. The second-order valence-electron chi connectivity index (χ2n) is 5.73. The molecule has 2 aromatic carbocycles. The van der Waals surface area contributed by atoms with E-state index in [-0.39, 0.29) is 24.6 Å². The number of aliphatic hydroxyl groups excluding tert-OH is 1. The number of carbonyl (C=O) groups is 1. The molecule has 0 saturated carbocycles. The first-order chi connectivity index (χ1) is 10.8. The first kappa shape index (κ1) is 14.8. The van der Waals surface area contributed by atoms with Gasteiger partial charge in [-0.15, -0.1) is 0 Å². The molecule has 0 unspecified atom stereocenters. The number of nitrogens with zero attached hydrogens (tertiary/aromatic N) is 1. The topological polar surface area (TPSA) is 40.5 Å². The smallest absolute Gasteiger partial charge is 0.223 e. The third-order valence-corrected chi connectivity index (χ3v) is 4.37. The predicted octanol–water partition coefficient (Wildman–Crippen LogP) is 3.47. The van der Waals surface area contributed by atoms with Crippen molar-refractivity contribution in [2.45, 2.75) is 31.3 Å². The van der Waals surface area contributed by atoms with E-state index in [9.17, 15) is 9.90 Å². The third kappa shape index (κ3) is 2.90. The van der Waals surface area contributed by atoms with Gasteiger partial charge in [0, 0.05) is 6.42 Å². The number of hydrogen-bond acceptors (Lipinski definition) is 2. The predicted molar refractivity (Wildman–Crippen MR) is 86.1 cm³/mol. The van der Waals surface area contributed by atoms with Crippen molar-refractivity contribution in [2.24, 2.45) is 0 Å². The molecule has 0 aliphatic carbocycles. The molecule has 1 fully saturated rings. The Bertz CT molecular complexity index is 570. The van der Waals surface area contributed by atoms with Crippen LogP contribution in [0.2, 0.25) is 0 Å². The Hall–Kier alpha value is -2.13. The van der Waals surface area contributed by atoms with Crippen LogP contribution in [0.1, 0.15) is 42.5 Å². The maximum absolute atomic E-state index is 12.6. The minimum absolute atomic E-state index is 0.0415. The van der Waals surface area contributed by atoms with Gasteiger partial charge in [0.15, 0.2) is 0 Å². The summed E-state index contributed by atoms with van der Waals surface area (Å²) >= 11 is 0. The summed E-state index contributed by atoms with van der Waals surface area (Å²) in [5.74, 6) is 0.128. The monoisotopic (exact) mass is 295 g/mol. The van der Waals surface area contributed by atoms with Crippen molar-refractivity contribution < 1.29 is 9.90 Å². The quantitative estimate of drug-likeness (QED) is 0.938. The standard InChI is InChI=1S/C19H21NO2/c21-14-18(16-10-5-2-6-11-16)20-17(12-7-13-19(20)22)15-8-3-1-4-9-15/h1-6,8-11,17-18,21H,7,12-14H2/t17-,18+/m0/s1. The SMILES string of the molecule is O=C1CCC[C@@H](c2ccccc2)N1[C@H](CO)c1ccccc1. The van der Waals surface area contributed by atoms with Crippen LogP contribution in [0.3, 0.4) is 0 Å². The first-order valence-corrected chi connectivity index (χ1v) is 7.83. The number of aliphatic hydroxyl groups is 1. The second-order valence-corrected chi connectivity index (χ2v) is 5.73. The van der Waals surface area contributed by atoms with Crippen molar-refractivity contribution in [2.75, 3.05) is 6.61 Å². The van der Waals surface area contributed by atoms with E-state index >= 15 is 0 Å². The van der Waals surface area contributed by atoms with E-state index in [1.165, 1.54) is 0 Å². The largest absolute Gasteiger partial charge is 0.394 e. The van der Waals surface area contributed by atoms with Crippen LogP contribution in [0.15, 0.2) is 60.7 Å². The van der Waals surface area contributed by atoms with Crippen LogP contribution < -0.4 is 0 Å². The molecule has 22 heavy (non-hydrogen) atoms. The van der Waals surface area contributed by atoms with Gasteiger partial charge in [0.25, 0.3) is 0 Å². The average molecular weight is 295 g/mol. The van der Waals surface area contributed by atoms with Crippen LogP contribution in [-0.4, -0.2) is 22.5 Å². The number of piperidine rings is 1. The Morgan fingerprint density at radius 1 is 1.05 bits per heavy atom. The van der Waals surface area contributed by atoms with Crippen LogP contribution in [0.4, 0.5) is 0 Å². The Morgan fingerprint density at radius 2 is 1.68 bits per heavy atom. The lowest BCUT2D eigenvalue weighted by molar-refractivity contribution is -0.141. The fourth-order valence-electron chi connectivity index (χ4n) is 3.31. The Morgan fingerprint density at radius 3 is 2.32 bits per heavy atom. The van der Waals surface area contributed by atoms with Gasteiger partial charge in [-0.1, -0.05) is 60.7 Å². The van der Waals surface area contributed by atoms with Crippen LogP contribution in [0, 0.1) is 0 Å². The van der Waals surface area contributed by atoms with Gasteiger partial charge in [-0.2, -0.15) is 0 Å². The zero-order valence-corrected chi connectivity index (χ0v) is 12.6. The van der Waals surface area contributed by atoms with Crippen molar-refractivity contribution in [1.29, 1.82) is 0 Å². The van der Waals surface area contributed by atoms with Gasteiger partial charge < -0.3 is 10.0 Å². The van der Waals surface area contributed by atoms with Crippen molar-refractivity contribution in [3.63, 3.8) is 0 Å². The molecule has 0 aromatic heterocycles. The first-order valence-electron chi connectivity index (χ1n) is 7.83. The van der Waals surface area contributed by atoms with Gasteiger partial charge in [-0.05, 0) is 24.0 Å². The third-order valence-electron chi connectivity index (χ3n) is 4.37. The zero-order valence-electron chi connectivity index (χ0n) is 12.6. The molecule has 3 heteroatoms. The fraction of sp³-hybridized carbons (Fsp3) is 0.316. The molecule has 1 N–H and O–H groups in total. The minimum atomic E-state index is -0.279. The summed E-state index contributed by atoms with van der Waals surface area (Å²) in [5.41, 5.74) is 2.13. The second kappa shape index (κ2) is 6.75. The molecule has 114 valence electrons. The average Bonchev–Trinajstić information content (AvgIpc) is 2.59. The molecular formula is C19H21NO2. The Balaban J connectivity index is 1.97. The van der Waals surface area contributed by atoms with Crippen LogP contribution in [-0.2, 0) is 4.79 Å². The highest BCUT2D eigenvalue weighted by Gasteiger charge is 2.34. The van der Waals surface area contributed by atoms with E-state index in [1.807, 2.05) is 53.4 Å². The van der Waals surface area contributed by atoms with Gasteiger partial charge in [-0.3, -0.25) is 4.79 Å². The molecule has 1 saturated heterocycles. The summed E-state index contributed by atoms with van der Waals surface area (Å²) in [6.07, 6.45) is 2.41. The summed E-state index contributed by atoms with van der Waals surface area (Å²) in [6.45, 7) is -0.0565. The molecule has 1 heterocycles. The zero-order chi connectivity index (χ0) is 15.4. The maximum Gasteiger partial charge on any atom is 0.223 e. The number of likely N-dealkylation sites (tertiary alicyclic amines) is 1. The molecule has 1 amide bonds. The van der Waals surface area contributed by atoms with E-state index in [0.29, 0.717) is 6.42 Å². The molecule has 0 bridgehead atoms. The number of benzene rings is 2. The lowest BCUT2D eigenvalue weighted by Gasteiger charge is -2.41. The Labute approximate surface area is 131 Å². The lowest BCUT2D eigenvalue weighted by Crippen LogP contribution is -2.42. The van der Waals surface area contributed by atoms with Crippen molar-refractivity contribution >= 4 is 5.91 Å². The number of carbonyl (C=O) groups excluding carboxylic acids is 1. The van der Waals surface area contributed by atoms with Crippen LogP contribution >= 0.6 is 0 Å². The highest BCUT2D eigenvalue weighted by molar-refractivity contribution is 5.78. The molecule has 3 nitrogen and oxygen atoms in total. The lowest BCUT2D eigenvalue weighted by atomic mass is 9.91. The van der Waals surface area contributed by atoms with Gasteiger partial charge in [0.2, 0.25) is 5.91 Å². The maximum atomic E-state index is 12.6. The molecule has 0 spiro atoms. The normalized spacial score (nSPS) is 20.0. The van der Waals surface area contributed by atoms with Crippen molar-refractivity contribution in [3.05, 3.63) is 71.8 Å². The van der Waals surface area contributed by atoms with E-state index in [4.69, 9.17) is 0 Å². The van der Waals surface area contributed by atoms with E-state index in [1.54, 1.807) is 0 Å². The molecular weight excluding hydrogens is 274 g/mol. The number of amides is 1. The fourth-order valence-corrected chi connectivity index (χ4v) is 3.31. The molecule has 2 atom stereocenters. The summed E-state index contributed by atoms with van der Waals surface area (Å²) < 4.78 is 0. The summed E-state index contributed by atoms with van der Waals surface area (Å²) in [6, 6.07) is 19.7. The van der Waals surface area contributed by atoms with Gasteiger partial charge in [0.1, 0.15) is 0 Å². The summed E-state index contributed by atoms with van der Waals surface area (Å²) in [5, 5.41) is 9.92. The van der Waals surface area contributed by atoms with Crippen LogP contribution in [0.25, 0.3) is 0 Å². The van der Waals surface area contributed by atoms with Crippen molar-refractivity contribution in [1.82, 2.24) is 4.90 Å². The molecule has 0 radical (unpaired) electrons. The van der Waals surface area contributed by atoms with Gasteiger partial charge >= 0.3 is 0 Å². The minimum Gasteiger partial charge on any atom is -0.394 e. The highest BCUT2D eigenvalue weighted by Crippen LogP contribution is 2.37. The summed E-state index contributed by atoms with van der Waals surface area (Å²) in [7, 11) is 0. The molecule has 2 aromatic rings. The number of rotatable bonds is 4. The van der Waals surface area contributed by atoms with Gasteiger partial charge in [0.05, 0.1) is 18.7 Å². The highest BCUT2D eigenvalue weighted by atomic mass is 16.3. The molecule has 1 aliphatic rings. The summed E-state index contributed by atoms with van der Waals surface area (Å²) in [4.78, 5) is 14.4. The number of hydrogen-bond donors (Lipinski definition) is 1. The van der Waals surface area contributed by atoms with E-state index < -0.39 is 0 Å².